The van der Waals surface area contributed by atoms with Crippen molar-refractivity contribution in [2.24, 2.45) is 0 Å². The Morgan fingerprint density at radius 3 is 2.38 bits per heavy atom. The number of hydrogen-bond acceptors (Lipinski definition) is 3. The van der Waals surface area contributed by atoms with Gasteiger partial charge < -0.3 is 4.74 Å². The van der Waals surface area contributed by atoms with E-state index in [1.165, 1.54) is 10.6 Å². The first-order chi connectivity index (χ1) is 7.41. The van der Waals surface area contributed by atoms with Gasteiger partial charge in [-0.2, -0.15) is 4.31 Å². The predicted octanol–water partition coefficient (Wildman–Crippen LogP) is 1.73. The van der Waals surface area contributed by atoms with Gasteiger partial charge in [-0.15, -0.1) is 0 Å². The molecular formula is C10H12BrNO3S. The number of methoxy groups -OCH3 is 1. The minimum absolute atomic E-state index is 0.428. The number of sulfonamides is 1. The Morgan fingerprint density at radius 2 is 1.88 bits per heavy atom. The van der Waals surface area contributed by atoms with Crippen molar-refractivity contribution in [3.05, 3.63) is 27.7 Å². The van der Waals surface area contributed by atoms with E-state index in [9.17, 15) is 8.42 Å². The SMILES string of the molecule is COc1cc2c(cc1Br)CN(S(C)(=O)=O)C2. The normalized spacial score (nSPS) is 16.2. The molecule has 4 nitrogen and oxygen atoms in total. The lowest BCUT2D eigenvalue weighted by molar-refractivity contribution is 0.411. The van der Waals surface area contributed by atoms with Gasteiger partial charge in [0.15, 0.2) is 0 Å². The van der Waals surface area contributed by atoms with E-state index in [4.69, 9.17) is 4.74 Å². The summed E-state index contributed by atoms with van der Waals surface area (Å²) in [6.45, 7) is 0.870. The van der Waals surface area contributed by atoms with Gasteiger partial charge in [-0.1, -0.05) is 0 Å². The zero-order valence-corrected chi connectivity index (χ0v) is 11.4. The lowest BCUT2D eigenvalue weighted by Crippen LogP contribution is -2.23. The molecule has 16 heavy (non-hydrogen) atoms. The summed E-state index contributed by atoms with van der Waals surface area (Å²) < 4.78 is 30.3. The molecule has 2 rings (SSSR count). The van der Waals surface area contributed by atoms with Crippen LogP contribution in [-0.4, -0.2) is 26.1 Å². The Morgan fingerprint density at radius 1 is 1.31 bits per heavy atom. The molecule has 0 saturated heterocycles. The number of hydrogen-bond donors (Lipinski definition) is 0. The molecule has 0 atom stereocenters. The molecule has 0 aromatic heterocycles. The molecule has 0 fully saturated rings. The number of rotatable bonds is 2. The fraction of sp³-hybridized carbons (Fsp3) is 0.400. The van der Waals surface area contributed by atoms with E-state index in [1.54, 1.807) is 7.11 Å². The second kappa shape index (κ2) is 4.01. The lowest BCUT2D eigenvalue weighted by atomic mass is 10.1. The highest BCUT2D eigenvalue weighted by Crippen LogP contribution is 2.33. The van der Waals surface area contributed by atoms with Gasteiger partial charge in [-0.05, 0) is 39.2 Å². The molecule has 0 aliphatic carbocycles. The summed E-state index contributed by atoms with van der Waals surface area (Å²) in [5.74, 6) is 0.731. The summed E-state index contributed by atoms with van der Waals surface area (Å²) in [6.07, 6.45) is 1.23. The van der Waals surface area contributed by atoms with Gasteiger partial charge in [0.05, 0.1) is 17.8 Å². The van der Waals surface area contributed by atoms with Crippen LogP contribution in [-0.2, 0) is 23.1 Å². The summed E-state index contributed by atoms with van der Waals surface area (Å²) in [6, 6.07) is 3.80. The van der Waals surface area contributed by atoms with E-state index >= 15 is 0 Å². The van der Waals surface area contributed by atoms with Crippen molar-refractivity contribution in [3.63, 3.8) is 0 Å². The van der Waals surface area contributed by atoms with Gasteiger partial charge in [0.2, 0.25) is 10.0 Å². The summed E-state index contributed by atoms with van der Waals surface area (Å²) in [5, 5.41) is 0. The van der Waals surface area contributed by atoms with Crippen molar-refractivity contribution in [1.82, 2.24) is 4.31 Å². The maximum absolute atomic E-state index is 11.4. The van der Waals surface area contributed by atoms with E-state index in [0.717, 1.165) is 21.3 Å². The van der Waals surface area contributed by atoms with Gasteiger partial charge in [0.1, 0.15) is 5.75 Å². The molecule has 6 heteroatoms. The zero-order chi connectivity index (χ0) is 11.9. The second-order valence-electron chi connectivity index (χ2n) is 3.79. The predicted molar refractivity (Wildman–Crippen MR) is 64.8 cm³/mol. The van der Waals surface area contributed by atoms with E-state index < -0.39 is 10.0 Å². The number of ether oxygens (including phenoxy) is 1. The first-order valence-corrected chi connectivity index (χ1v) is 7.36. The molecular weight excluding hydrogens is 294 g/mol. The van der Waals surface area contributed by atoms with Crippen LogP contribution in [0.2, 0.25) is 0 Å². The van der Waals surface area contributed by atoms with Crippen molar-refractivity contribution in [3.8, 4) is 5.75 Å². The van der Waals surface area contributed by atoms with Crippen molar-refractivity contribution in [2.45, 2.75) is 13.1 Å². The number of fused-ring (bicyclic) bond motifs is 1. The quantitative estimate of drug-likeness (QED) is 0.836. The average molecular weight is 306 g/mol. The average Bonchev–Trinajstić information content (AvgIpc) is 2.58. The van der Waals surface area contributed by atoms with Crippen LogP contribution in [0.5, 0.6) is 5.75 Å². The standard InChI is InChI=1S/C10H12BrNO3S/c1-15-10-4-8-6-12(16(2,13)14)5-7(8)3-9(10)11/h3-4H,5-6H2,1-2H3. The molecule has 1 aliphatic heterocycles. The summed E-state index contributed by atoms with van der Waals surface area (Å²) in [4.78, 5) is 0. The van der Waals surface area contributed by atoms with Crippen LogP contribution in [0.1, 0.15) is 11.1 Å². The summed E-state index contributed by atoms with van der Waals surface area (Å²) in [5.41, 5.74) is 2.03. The largest absolute Gasteiger partial charge is 0.496 e. The third kappa shape index (κ3) is 2.09. The Balaban J connectivity index is 2.39. The molecule has 0 N–H and O–H groups in total. The molecule has 0 radical (unpaired) electrons. The van der Waals surface area contributed by atoms with Crippen molar-refractivity contribution in [2.75, 3.05) is 13.4 Å². The van der Waals surface area contributed by atoms with E-state index in [0.29, 0.717) is 13.1 Å². The molecule has 1 aromatic carbocycles. The molecule has 0 amide bonds. The summed E-state index contributed by atoms with van der Waals surface area (Å²) >= 11 is 3.39. The van der Waals surface area contributed by atoms with Crippen LogP contribution in [0.3, 0.4) is 0 Å². The first kappa shape index (κ1) is 11.9. The Bertz CT molecular complexity index is 527. The van der Waals surface area contributed by atoms with Gasteiger partial charge >= 0.3 is 0 Å². The number of nitrogens with zero attached hydrogens (tertiary/aromatic N) is 1. The van der Waals surface area contributed by atoms with Crippen LogP contribution in [0.15, 0.2) is 16.6 Å². The maximum Gasteiger partial charge on any atom is 0.211 e. The highest BCUT2D eigenvalue weighted by molar-refractivity contribution is 9.10. The van der Waals surface area contributed by atoms with Gasteiger partial charge in [0.25, 0.3) is 0 Å². The van der Waals surface area contributed by atoms with E-state index in [1.807, 2.05) is 12.1 Å². The lowest BCUT2D eigenvalue weighted by Gasteiger charge is -2.10. The second-order valence-corrected chi connectivity index (χ2v) is 6.62. The van der Waals surface area contributed by atoms with Crippen molar-refractivity contribution >= 4 is 26.0 Å². The van der Waals surface area contributed by atoms with Gasteiger partial charge in [0, 0.05) is 13.1 Å². The molecule has 1 aliphatic rings. The third-order valence-corrected chi connectivity index (χ3v) is 4.45. The minimum Gasteiger partial charge on any atom is -0.496 e. The Kier molecular flexibility index (Phi) is 2.98. The highest BCUT2D eigenvalue weighted by atomic mass is 79.9. The fourth-order valence-corrected chi connectivity index (χ4v) is 3.06. The van der Waals surface area contributed by atoms with Crippen LogP contribution < -0.4 is 4.74 Å². The molecule has 0 saturated carbocycles. The Labute approximate surface area is 103 Å². The zero-order valence-electron chi connectivity index (χ0n) is 9.03. The molecule has 1 aromatic rings. The van der Waals surface area contributed by atoms with Crippen molar-refractivity contribution in [1.29, 1.82) is 0 Å². The number of benzene rings is 1. The number of halogens is 1. The van der Waals surface area contributed by atoms with E-state index in [-0.39, 0.29) is 0 Å². The van der Waals surface area contributed by atoms with E-state index in [2.05, 4.69) is 15.9 Å². The summed E-state index contributed by atoms with van der Waals surface area (Å²) in [7, 11) is -1.53. The maximum atomic E-state index is 11.4. The monoisotopic (exact) mass is 305 g/mol. The minimum atomic E-state index is -3.13. The van der Waals surface area contributed by atoms with Crippen molar-refractivity contribution < 1.29 is 13.2 Å². The smallest absolute Gasteiger partial charge is 0.211 e. The molecule has 1 heterocycles. The molecule has 0 unspecified atom stereocenters. The van der Waals surface area contributed by atoms with Gasteiger partial charge in [-0.25, -0.2) is 8.42 Å². The molecule has 0 spiro atoms. The Hall–Kier alpha value is -0.590. The van der Waals surface area contributed by atoms with Crippen LogP contribution in [0.25, 0.3) is 0 Å². The topological polar surface area (TPSA) is 46.6 Å². The molecule has 0 bridgehead atoms. The van der Waals surface area contributed by atoms with Gasteiger partial charge in [-0.3, -0.25) is 0 Å². The first-order valence-electron chi connectivity index (χ1n) is 4.72. The van der Waals surface area contributed by atoms with Crippen LogP contribution in [0.4, 0.5) is 0 Å². The highest BCUT2D eigenvalue weighted by Gasteiger charge is 2.26. The van der Waals surface area contributed by atoms with Crippen LogP contribution in [0, 0.1) is 0 Å². The third-order valence-electron chi connectivity index (χ3n) is 2.64. The molecule has 88 valence electrons. The fourth-order valence-electron chi connectivity index (χ4n) is 1.76. The van der Waals surface area contributed by atoms with Crippen LogP contribution >= 0.6 is 15.9 Å².